The van der Waals surface area contributed by atoms with E-state index in [0.717, 1.165) is 0 Å². The second-order valence-electron chi connectivity index (χ2n) is 2.94. The van der Waals surface area contributed by atoms with Crippen LogP contribution in [0.15, 0.2) is 0 Å². The molecule has 0 aromatic carbocycles. The third kappa shape index (κ3) is 9.61. The summed E-state index contributed by atoms with van der Waals surface area (Å²) in [7, 11) is -10.6. The minimum atomic E-state index is -5.28. The molecule has 0 radical (unpaired) electrons. The van der Waals surface area contributed by atoms with Gasteiger partial charge >= 0.3 is 59.1 Å². The van der Waals surface area contributed by atoms with Crippen LogP contribution in [0.2, 0.25) is 0 Å². The first-order chi connectivity index (χ1) is 7.12. The number of hydrogen-bond donors (Lipinski definition) is 0. The van der Waals surface area contributed by atoms with Gasteiger partial charge in [-0.2, -0.15) is 0 Å². The summed E-state index contributed by atoms with van der Waals surface area (Å²) in [6.07, 6.45) is 0. The third-order valence-corrected chi connectivity index (χ3v) is 4.45. The first-order valence-corrected chi connectivity index (χ1v) is 7.27. The summed E-state index contributed by atoms with van der Waals surface area (Å²) in [4.78, 5) is 1.68. The van der Waals surface area contributed by atoms with E-state index in [1.165, 1.54) is 0 Å². The molecule has 0 N–H and O–H groups in total. The van der Waals surface area contributed by atoms with Gasteiger partial charge in [-0.3, -0.25) is 0 Å². The van der Waals surface area contributed by atoms with Gasteiger partial charge in [0.15, 0.2) is 20.6 Å². The first-order valence-electron chi connectivity index (χ1n) is 4.54. The summed E-state index contributed by atoms with van der Waals surface area (Å²) in [6, 6.07) is 0. The Bertz CT molecular complexity index is 376. The van der Waals surface area contributed by atoms with Crippen LogP contribution in [-0.2, 0) is 20.6 Å². The summed E-state index contributed by atoms with van der Waals surface area (Å²) in [5, 5.41) is 0. The van der Waals surface area contributed by atoms with E-state index in [1.54, 1.807) is 18.7 Å². The Hall–Kier alpha value is 1.74. The Morgan fingerprint density at radius 2 is 1.17 bits per heavy atom. The zero-order valence-electron chi connectivity index (χ0n) is 11.0. The van der Waals surface area contributed by atoms with E-state index in [2.05, 4.69) is 0 Å². The number of hydrogen-bond acceptors (Lipinski definition) is 7. The molecule has 0 aromatic rings. The Morgan fingerprint density at radius 3 is 1.39 bits per heavy atom. The van der Waals surface area contributed by atoms with Gasteiger partial charge in [0, 0.05) is 13.1 Å². The largest absolute Gasteiger partial charge is 1.00 e. The molecule has 0 atom stereocenters. The quantitative estimate of drug-likeness (QED) is 0.337. The number of nitrogens with zero attached hydrogens (tertiary/aromatic N) is 2. The van der Waals surface area contributed by atoms with E-state index in [4.69, 9.17) is 0 Å². The predicted molar refractivity (Wildman–Crippen MR) is 53.9 cm³/mol. The molecule has 0 rings (SSSR count). The van der Waals surface area contributed by atoms with Crippen molar-refractivity contribution in [1.29, 1.82) is 0 Å². The standard InChI is InChI=1S/C6H16N2O6S2.2Na/c1-3-7(4-2)5-6-8(15(9,10)11)16(12,13)14;;/h3-6H2,1-2H3,(H,9,10,11)(H,12,13,14);;/q;2*+1/p-2. The zero-order chi connectivity index (χ0) is 13.0. The molecule has 0 aliphatic rings. The molecule has 0 spiro atoms. The van der Waals surface area contributed by atoms with E-state index >= 15 is 0 Å². The molecule has 0 saturated heterocycles. The van der Waals surface area contributed by atoms with Crippen molar-refractivity contribution in [2.45, 2.75) is 13.8 Å². The molecule has 8 nitrogen and oxygen atoms in total. The molecule has 12 heteroatoms. The van der Waals surface area contributed by atoms with Crippen molar-refractivity contribution in [3.8, 4) is 0 Å². The molecule has 0 aliphatic carbocycles. The summed E-state index contributed by atoms with van der Waals surface area (Å²) in [6.45, 7) is 4.04. The molecule has 0 amide bonds. The van der Waals surface area contributed by atoms with Gasteiger partial charge in [0.25, 0.3) is 0 Å². The maximum Gasteiger partial charge on any atom is 1.00 e. The average molecular weight is 320 g/mol. The fourth-order valence-electron chi connectivity index (χ4n) is 1.10. The smallest absolute Gasteiger partial charge is 0.735 e. The summed E-state index contributed by atoms with van der Waals surface area (Å²) < 4.78 is 62.7. The molecule has 0 saturated carbocycles. The predicted octanol–water partition coefficient (Wildman–Crippen LogP) is -7.44. The molecule has 0 aromatic heterocycles. The van der Waals surface area contributed by atoms with Crippen molar-refractivity contribution in [1.82, 2.24) is 8.61 Å². The van der Waals surface area contributed by atoms with Crippen LogP contribution in [0.1, 0.15) is 13.8 Å². The van der Waals surface area contributed by atoms with E-state index < -0.39 is 30.9 Å². The van der Waals surface area contributed by atoms with Crippen LogP contribution in [0.3, 0.4) is 0 Å². The van der Waals surface area contributed by atoms with E-state index in [1.807, 2.05) is 0 Å². The summed E-state index contributed by atoms with van der Waals surface area (Å²) in [5.41, 5.74) is 0. The van der Waals surface area contributed by atoms with Crippen LogP contribution in [0.5, 0.6) is 0 Å². The van der Waals surface area contributed by atoms with E-state index in [9.17, 15) is 25.9 Å². The first kappa shape index (κ1) is 24.7. The number of rotatable bonds is 7. The SMILES string of the molecule is CCN(CC)CCN(S(=O)(=O)[O-])S(=O)(=O)[O-].[Na+].[Na+]. The van der Waals surface area contributed by atoms with Crippen LogP contribution >= 0.6 is 0 Å². The van der Waals surface area contributed by atoms with Crippen molar-refractivity contribution in [2.24, 2.45) is 0 Å². The van der Waals surface area contributed by atoms with Crippen molar-refractivity contribution < 1.29 is 85.1 Å². The molecule has 18 heavy (non-hydrogen) atoms. The van der Waals surface area contributed by atoms with E-state index in [0.29, 0.717) is 13.1 Å². The fraction of sp³-hybridized carbons (Fsp3) is 1.00. The average Bonchev–Trinajstić information content (AvgIpc) is 2.08. The molecule has 0 aliphatic heterocycles. The van der Waals surface area contributed by atoms with Crippen LogP contribution in [-0.4, -0.2) is 60.7 Å². The monoisotopic (exact) mass is 320 g/mol. The second kappa shape index (κ2) is 10.5. The molecule has 0 bridgehead atoms. The Labute approximate surface area is 152 Å². The summed E-state index contributed by atoms with van der Waals surface area (Å²) in [5.74, 6) is 0. The van der Waals surface area contributed by atoms with Crippen LogP contribution in [0.4, 0.5) is 0 Å². The van der Waals surface area contributed by atoms with Crippen molar-refractivity contribution >= 4 is 20.6 Å². The fourth-order valence-corrected chi connectivity index (χ4v) is 2.60. The van der Waals surface area contributed by atoms with Gasteiger partial charge in [-0.25, -0.2) is 16.8 Å². The second-order valence-corrected chi connectivity index (χ2v) is 5.76. The Morgan fingerprint density at radius 1 is 0.833 bits per heavy atom. The van der Waals surface area contributed by atoms with Gasteiger partial charge in [-0.05, 0) is 13.1 Å². The molecule has 0 unspecified atom stereocenters. The minimum absolute atomic E-state index is 0. The number of likely N-dealkylation sites (N-methyl/N-ethyl adjacent to an activating group) is 1. The van der Waals surface area contributed by atoms with Gasteiger partial charge in [0.2, 0.25) is 0 Å². The van der Waals surface area contributed by atoms with Gasteiger partial charge in [-0.15, -0.1) is 3.71 Å². The maximum atomic E-state index is 10.5. The minimum Gasteiger partial charge on any atom is -0.735 e. The molecule has 0 heterocycles. The van der Waals surface area contributed by atoms with Gasteiger partial charge in [0.1, 0.15) is 0 Å². The Balaban J connectivity index is -0.00000112. The van der Waals surface area contributed by atoms with Crippen LogP contribution in [0.25, 0.3) is 0 Å². The van der Waals surface area contributed by atoms with Crippen molar-refractivity contribution in [3.63, 3.8) is 0 Å². The molecule has 0 fully saturated rings. The van der Waals surface area contributed by atoms with Gasteiger partial charge in [0.05, 0.1) is 0 Å². The molecular formula is C6H14N2Na2O6S2. The Kier molecular flexibility index (Phi) is 14.4. The van der Waals surface area contributed by atoms with Crippen LogP contribution in [0, 0.1) is 0 Å². The van der Waals surface area contributed by atoms with E-state index in [-0.39, 0.29) is 65.7 Å². The van der Waals surface area contributed by atoms with Crippen LogP contribution < -0.4 is 59.1 Å². The zero-order valence-corrected chi connectivity index (χ0v) is 16.6. The maximum absolute atomic E-state index is 10.5. The normalized spacial score (nSPS) is 12.1. The molecular weight excluding hydrogens is 306 g/mol. The van der Waals surface area contributed by atoms with Gasteiger partial charge in [-0.1, -0.05) is 13.8 Å². The van der Waals surface area contributed by atoms with Crippen molar-refractivity contribution in [3.05, 3.63) is 0 Å². The summed E-state index contributed by atoms with van der Waals surface area (Å²) >= 11 is 0. The van der Waals surface area contributed by atoms with Crippen molar-refractivity contribution in [2.75, 3.05) is 26.2 Å². The van der Waals surface area contributed by atoms with Gasteiger partial charge < -0.3 is 14.0 Å². The topological polar surface area (TPSA) is 121 Å². The molecule has 98 valence electrons. The third-order valence-electron chi connectivity index (χ3n) is 1.99.